The molecule has 1 aliphatic heterocycles. The predicted molar refractivity (Wildman–Crippen MR) is 162 cm³/mol. The third-order valence-electron chi connectivity index (χ3n) is 7.29. The third-order valence-corrected chi connectivity index (χ3v) is 7.29. The number of hydrogen-bond acceptors (Lipinski definition) is 7. The Morgan fingerprint density at radius 2 is 1.72 bits per heavy atom. The number of nitrogens with zero attached hydrogens (tertiary/aromatic N) is 1. The zero-order valence-corrected chi connectivity index (χ0v) is 26.4. The number of allylic oxidation sites excluding steroid dienone is 1. The maximum absolute atomic E-state index is 14.0. The van der Waals surface area contributed by atoms with Crippen LogP contribution in [0, 0.1) is 17.3 Å². The molecular weight excluding hydrogens is 554 g/mol. The lowest BCUT2D eigenvalue weighted by atomic mass is 9.85. The molecule has 43 heavy (non-hydrogen) atoms. The largest absolute Gasteiger partial charge is 0.464 e. The predicted octanol–water partition coefficient (Wildman–Crippen LogP) is 1.99. The molecule has 4 N–H and O–H groups in total. The highest BCUT2D eigenvalue weighted by Gasteiger charge is 2.45. The van der Waals surface area contributed by atoms with Gasteiger partial charge >= 0.3 is 12.0 Å². The lowest BCUT2D eigenvalue weighted by molar-refractivity contribution is -0.143. The van der Waals surface area contributed by atoms with E-state index in [9.17, 15) is 28.8 Å². The Morgan fingerprint density at radius 3 is 2.28 bits per heavy atom. The molecule has 2 unspecified atom stereocenters. The van der Waals surface area contributed by atoms with Gasteiger partial charge in [0, 0.05) is 13.1 Å². The highest BCUT2D eigenvalue weighted by atomic mass is 16.5. The van der Waals surface area contributed by atoms with E-state index in [1.54, 1.807) is 20.8 Å². The van der Waals surface area contributed by atoms with Crippen LogP contribution >= 0.6 is 0 Å². The highest BCUT2D eigenvalue weighted by molar-refractivity contribution is 6.38. The van der Waals surface area contributed by atoms with E-state index in [0.29, 0.717) is 25.4 Å². The molecule has 0 aromatic heterocycles. The molecule has 0 bridgehead atoms. The maximum Gasteiger partial charge on any atom is 0.325 e. The molecule has 4 atom stereocenters. The van der Waals surface area contributed by atoms with Crippen molar-refractivity contribution in [2.45, 2.75) is 91.8 Å². The fourth-order valence-electron chi connectivity index (χ4n) is 4.88. The first kappa shape index (κ1) is 35.5. The summed E-state index contributed by atoms with van der Waals surface area (Å²) in [6.45, 7) is 14.9. The lowest BCUT2D eigenvalue weighted by Crippen LogP contribution is -2.60. The summed E-state index contributed by atoms with van der Waals surface area (Å²) < 4.78 is 5.14. The van der Waals surface area contributed by atoms with Crippen LogP contribution in [0.2, 0.25) is 0 Å². The molecule has 12 heteroatoms. The standard InChI is InChI=1S/C31H49N5O7/c1-8-10-22(25(38)28(40)32-13-9-2)34-27(39)23-15-21(14-19(3)4)17-36(23)29(41)26(31(5,6)7)35-30(42)33-16-24(37)43-18-20-11-12-20/h9,14,20-23,26H,2,8,10-13,15-18H2,1,3-7H3,(H,32,40)(H,34,39)(H2,33,35,42)/t21?,22?,23-,26+/m0/s1. The van der Waals surface area contributed by atoms with Crippen LogP contribution in [0.15, 0.2) is 24.3 Å². The lowest BCUT2D eigenvalue weighted by Gasteiger charge is -2.35. The minimum atomic E-state index is -1.05. The van der Waals surface area contributed by atoms with Gasteiger partial charge in [-0.15, -0.1) is 6.58 Å². The number of likely N-dealkylation sites (tertiary alicyclic amines) is 1. The van der Waals surface area contributed by atoms with Gasteiger partial charge in [-0.1, -0.05) is 51.8 Å². The molecule has 1 aliphatic carbocycles. The normalized spacial score (nSPS) is 19.3. The summed E-state index contributed by atoms with van der Waals surface area (Å²) in [6, 6.07) is -3.72. The Morgan fingerprint density at radius 1 is 1.05 bits per heavy atom. The molecule has 0 aromatic rings. The van der Waals surface area contributed by atoms with Gasteiger partial charge in [0.1, 0.15) is 18.6 Å². The summed E-state index contributed by atoms with van der Waals surface area (Å²) in [5.74, 6) is -2.89. The van der Waals surface area contributed by atoms with Crippen LogP contribution in [0.5, 0.6) is 0 Å². The van der Waals surface area contributed by atoms with Gasteiger partial charge in [0.05, 0.1) is 12.6 Å². The van der Waals surface area contributed by atoms with Gasteiger partial charge in [-0.05, 0) is 56.8 Å². The summed E-state index contributed by atoms with van der Waals surface area (Å²) in [6.07, 6.45) is 6.60. The van der Waals surface area contributed by atoms with Crippen molar-refractivity contribution in [1.29, 1.82) is 0 Å². The van der Waals surface area contributed by atoms with Crippen LogP contribution in [-0.4, -0.2) is 84.8 Å². The highest BCUT2D eigenvalue weighted by Crippen LogP contribution is 2.30. The molecule has 12 nitrogen and oxygen atoms in total. The summed E-state index contributed by atoms with van der Waals surface area (Å²) in [5, 5.41) is 10.3. The molecule has 2 rings (SSSR count). The van der Waals surface area contributed by atoms with Crippen LogP contribution in [0.25, 0.3) is 0 Å². The van der Waals surface area contributed by atoms with Gasteiger partial charge in [-0.2, -0.15) is 0 Å². The van der Waals surface area contributed by atoms with E-state index < -0.39 is 59.0 Å². The van der Waals surface area contributed by atoms with Crippen molar-refractivity contribution in [3.8, 4) is 0 Å². The molecule has 2 fully saturated rings. The van der Waals surface area contributed by atoms with Gasteiger partial charge in [-0.3, -0.25) is 24.0 Å². The quantitative estimate of drug-likeness (QED) is 0.126. The van der Waals surface area contributed by atoms with Crippen molar-refractivity contribution in [2.75, 3.05) is 26.2 Å². The summed E-state index contributed by atoms with van der Waals surface area (Å²) in [5.41, 5.74) is 0.273. The second-order valence-electron chi connectivity index (χ2n) is 12.7. The van der Waals surface area contributed by atoms with Crippen LogP contribution in [-0.2, 0) is 28.7 Å². The number of Topliss-reactive ketones (excluding diaryl/α,β-unsaturated/α-hetero) is 1. The number of esters is 1. The Bertz CT molecular complexity index is 1090. The van der Waals surface area contributed by atoms with E-state index in [-0.39, 0.29) is 32.0 Å². The minimum absolute atomic E-state index is 0.114. The fourth-order valence-corrected chi connectivity index (χ4v) is 4.88. The minimum Gasteiger partial charge on any atom is -0.464 e. The Balaban J connectivity index is 2.20. The van der Waals surface area contributed by atoms with E-state index in [4.69, 9.17) is 4.74 Å². The number of ketones is 1. The van der Waals surface area contributed by atoms with Crippen LogP contribution in [0.3, 0.4) is 0 Å². The number of carbonyl (C=O) groups excluding carboxylic acids is 6. The first-order valence-electron chi connectivity index (χ1n) is 15.1. The number of rotatable bonds is 15. The Labute approximate surface area is 254 Å². The monoisotopic (exact) mass is 603 g/mol. The van der Waals surface area contributed by atoms with Gasteiger partial charge in [-0.25, -0.2) is 4.79 Å². The zero-order valence-electron chi connectivity index (χ0n) is 26.4. The molecular formula is C31H49N5O7. The van der Waals surface area contributed by atoms with E-state index in [2.05, 4.69) is 27.8 Å². The molecule has 5 amide bonds. The van der Waals surface area contributed by atoms with Crippen LogP contribution < -0.4 is 21.3 Å². The molecule has 1 saturated carbocycles. The van der Waals surface area contributed by atoms with Crippen molar-refractivity contribution >= 4 is 35.5 Å². The van der Waals surface area contributed by atoms with Gasteiger partial charge in [0.2, 0.25) is 17.6 Å². The fraction of sp³-hybridized carbons (Fsp3) is 0.677. The molecule has 0 radical (unpaired) electrons. The van der Waals surface area contributed by atoms with Crippen molar-refractivity contribution < 1.29 is 33.5 Å². The average Bonchev–Trinajstić information content (AvgIpc) is 3.67. The molecule has 0 spiro atoms. The van der Waals surface area contributed by atoms with Crippen LogP contribution in [0.1, 0.15) is 73.6 Å². The van der Waals surface area contributed by atoms with Crippen molar-refractivity contribution in [3.05, 3.63) is 24.3 Å². The third kappa shape index (κ3) is 11.5. The van der Waals surface area contributed by atoms with E-state index in [1.165, 1.54) is 11.0 Å². The summed E-state index contributed by atoms with van der Waals surface area (Å²) in [4.78, 5) is 79.0. The first-order valence-corrected chi connectivity index (χ1v) is 15.1. The number of urea groups is 1. The molecule has 1 saturated heterocycles. The number of ether oxygens (including phenoxy) is 1. The van der Waals surface area contributed by atoms with E-state index >= 15 is 0 Å². The zero-order chi connectivity index (χ0) is 32.3. The van der Waals surface area contributed by atoms with E-state index in [0.717, 1.165) is 18.4 Å². The van der Waals surface area contributed by atoms with Gasteiger partial charge in [0.15, 0.2) is 0 Å². The summed E-state index contributed by atoms with van der Waals surface area (Å²) in [7, 11) is 0. The van der Waals surface area contributed by atoms with Crippen molar-refractivity contribution in [1.82, 2.24) is 26.2 Å². The average molecular weight is 604 g/mol. The maximum atomic E-state index is 14.0. The second-order valence-corrected chi connectivity index (χ2v) is 12.7. The van der Waals surface area contributed by atoms with E-state index in [1.807, 2.05) is 26.8 Å². The molecule has 0 aromatic carbocycles. The topological polar surface area (TPSA) is 163 Å². The number of carbonyl (C=O) groups is 6. The molecule has 1 heterocycles. The SMILES string of the molecule is C=CCNC(=O)C(=O)C(CCC)NC(=O)[C@@H]1CC(C=C(C)C)CN1C(=O)[C@@H](NC(=O)NCC(=O)OCC1CC1)C(C)(C)C. The van der Waals surface area contributed by atoms with Gasteiger partial charge in [0.25, 0.3) is 5.91 Å². The smallest absolute Gasteiger partial charge is 0.325 e. The number of hydrogen-bond donors (Lipinski definition) is 4. The Kier molecular flexibility index (Phi) is 13.4. The number of nitrogens with one attached hydrogen (secondary N) is 4. The Hall–Kier alpha value is -3.70. The number of amides is 5. The van der Waals surface area contributed by atoms with Gasteiger partial charge < -0.3 is 30.9 Å². The molecule has 240 valence electrons. The molecule has 2 aliphatic rings. The summed E-state index contributed by atoms with van der Waals surface area (Å²) >= 11 is 0. The first-order chi connectivity index (χ1) is 20.2. The van der Waals surface area contributed by atoms with Crippen molar-refractivity contribution in [3.63, 3.8) is 0 Å². The van der Waals surface area contributed by atoms with Crippen LogP contribution in [0.4, 0.5) is 4.79 Å². The van der Waals surface area contributed by atoms with Crippen molar-refractivity contribution in [2.24, 2.45) is 17.3 Å². The second kappa shape index (κ2) is 16.2.